The molecule has 1 heterocycles. The van der Waals surface area contributed by atoms with Crippen molar-refractivity contribution in [3.63, 3.8) is 0 Å². The summed E-state index contributed by atoms with van der Waals surface area (Å²) in [4.78, 5) is 10.4. The first-order chi connectivity index (χ1) is 6.40. The molecule has 0 N–H and O–H groups in total. The highest BCUT2D eigenvalue weighted by Gasteiger charge is 2.07. The maximum absolute atomic E-state index is 10.4. The quantitative estimate of drug-likeness (QED) is 0.639. The molecule has 0 aliphatic carbocycles. The van der Waals surface area contributed by atoms with Crippen molar-refractivity contribution < 1.29 is 4.79 Å². The van der Waals surface area contributed by atoms with Gasteiger partial charge in [-0.25, -0.2) is 0 Å². The van der Waals surface area contributed by atoms with Gasteiger partial charge in [-0.2, -0.15) is 5.10 Å². The predicted octanol–water partition coefficient (Wildman–Crippen LogP) is 1.70. The number of hydrogen-bond donors (Lipinski definition) is 0. The molecule has 0 bridgehead atoms. The lowest BCUT2D eigenvalue weighted by atomic mass is 10.2. The highest BCUT2D eigenvalue weighted by atomic mass is 16.1. The summed E-state index contributed by atoms with van der Waals surface area (Å²) in [6.45, 7) is 0.931. The van der Waals surface area contributed by atoms with Gasteiger partial charge >= 0.3 is 0 Å². The molecule has 66 valence electrons. The maximum Gasteiger partial charge on any atom is 0.150 e. The van der Waals surface area contributed by atoms with E-state index in [1.165, 1.54) is 0 Å². The van der Waals surface area contributed by atoms with E-state index >= 15 is 0 Å². The van der Waals surface area contributed by atoms with E-state index in [0.717, 1.165) is 24.9 Å². The molecule has 1 aliphatic rings. The second-order valence-electron chi connectivity index (χ2n) is 2.92. The van der Waals surface area contributed by atoms with E-state index in [-0.39, 0.29) is 0 Å². The van der Waals surface area contributed by atoms with Gasteiger partial charge in [0.15, 0.2) is 0 Å². The molecular weight excluding hydrogens is 164 g/mol. The van der Waals surface area contributed by atoms with Crippen molar-refractivity contribution in [2.75, 3.05) is 11.6 Å². The average Bonchev–Trinajstić information content (AvgIpc) is 2.71. The first-order valence-corrected chi connectivity index (χ1v) is 4.25. The molecule has 1 aromatic carbocycles. The molecular formula is C10H10N2O. The molecule has 3 heteroatoms. The smallest absolute Gasteiger partial charge is 0.150 e. The van der Waals surface area contributed by atoms with Crippen LogP contribution < -0.4 is 5.01 Å². The van der Waals surface area contributed by atoms with Crippen LogP contribution in [0.4, 0.5) is 5.69 Å². The van der Waals surface area contributed by atoms with Crippen LogP contribution in [-0.4, -0.2) is 19.0 Å². The van der Waals surface area contributed by atoms with Gasteiger partial charge in [0.1, 0.15) is 6.29 Å². The van der Waals surface area contributed by atoms with Crippen LogP contribution in [0, 0.1) is 0 Å². The fraction of sp³-hybridized carbons (Fsp3) is 0.200. The van der Waals surface area contributed by atoms with Crippen LogP contribution in [0.2, 0.25) is 0 Å². The summed E-state index contributed by atoms with van der Waals surface area (Å²) in [5.74, 6) is 0. The zero-order chi connectivity index (χ0) is 9.10. The summed E-state index contributed by atoms with van der Waals surface area (Å²) >= 11 is 0. The van der Waals surface area contributed by atoms with Crippen LogP contribution in [0.1, 0.15) is 16.8 Å². The first-order valence-electron chi connectivity index (χ1n) is 4.25. The molecule has 2 rings (SSSR count). The van der Waals surface area contributed by atoms with Crippen LogP contribution in [-0.2, 0) is 0 Å². The Bertz CT molecular complexity index is 329. The number of rotatable bonds is 2. The van der Waals surface area contributed by atoms with Gasteiger partial charge in [-0.05, 0) is 24.3 Å². The van der Waals surface area contributed by atoms with E-state index in [4.69, 9.17) is 0 Å². The van der Waals surface area contributed by atoms with E-state index in [1.807, 2.05) is 23.4 Å². The Balaban J connectivity index is 2.21. The van der Waals surface area contributed by atoms with E-state index in [1.54, 1.807) is 12.1 Å². The second kappa shape index (κ2) is 3.39. The third kappa shape index (κ3) is 1.59. The van der Waals surface area contributed by atoms with Gasteiger partial charge in [-0.3, -0.25) is 9.80 Å². The number of carbonyl (C=O) groups excluding carboxylic acids is 1. The first kappa shape index (κ1) is 7.98. The minimum absolute atomic E-state index is 0.701. The number of anilines is 1. The van der Waals surface area contributed by atoms with Gasteiger partial charge in [0.25, 0.3) is 0 Å². The number of benzene rings is 1. The summed E-state index contributed by atoms with van der Waals surface area (Å²) in [6, 6.07) is 7.42. The second-order valence-corrected chi connectivity index (χ2v) is 2.92. The van der Waals surface area contributed by atoms with Gasteiger partial charge in [-0.1, -0.05) is 0 Å². The summed E-state index contributed by atoms with van der Waals surface area (Å²) in [5, 5.41) is 6.11. The minimum atomic E-state index is 0.701. The van der Waals surface area contributed by atoms with Gasteiger partial charge < -0.3 is 0 Å². The molecule has 0 atom stereocenters. The zero-order valence-electron chi connectivity index (χ0n) is 7.18. The number of hydrazone groups is 1. The highest BCUT2D eigenvalue weighted by Crippen LogP contribution is 2.17. The average molecular weight is 174 g/mol. The number of hydrogen-bond acceptors (Lipinski definition) is 3. The fourth-order valence-corrected chi connectivity index (χ4v) is 1.31. The summed E-state index contributed by atoms with van der Waals surface area (Å²) in [5.41, 5.74) is 1.74. The minimum Gasteiger partial charge on any atom is -0.298 e. The van der Waals surface area contributed by atoms with Crippen molar-refractivity contribution in [3.8, 4) is 0 Å². The van der Waals surface area contributed by atoms with Gasteiger partial charge in [0, 0.05) is 24.7 Å². The van der Waals surface area contributed by atoms with Gasteiger partial charge in [-0.15, -0.1) is 0 Å². The van der Waals surface area contributed by atoms with Crippen molar-refractivity contribution in [2.24, 2.45) is 5.10 Å². The third-order valence-corrected chi connectivity index (χ3v) is 2.02. The van der Waals surface area contributed by atoms with Crippen molar-refractivity contribution in [2.45, 2.75) is 6.42 Å². The molecule has 0 unspecified atom stereocenters. The molecule has 0 radical (unpaired) electrons. The molecule has 0 saturated carbocycles. The number of carbonyl (C=O) groups is 1. The van der Waals surface area contributed by atoms with E-state index in [9.17, 15) is 4.79 Å². The predicted molar refractivity (Wildman–Crippen MR) is 52.3 cm³/mol. The molecule has 0 saturated heterocycles. The monoisotopic (exact) mass is 174 g/mol. The Morgan fingerprint density at radius 2 is 2.08 bits per heavy atom. The lowest BCUT2D eigenvalue weighted by Crippen LogP contribution is -2.11. The van der Waals surface area contributed by atoms with Gasteiger partial charge in [0.2, 0.25) is 0 Å². The van der Waals surface area contributed by atoms with Crippen LogP contribution in [0.5, 0.6) is 0 Å². The molecule has 1 aromatic rings. The number of nitrogens with zero attached hydrogens (tertiary/aromatic N) is 2. The Kier molecular flexibility index (Phi) is 2.08. The summed E-state index contributed by atoms with van der Waals surface area (Å²) in [6.07, 6.45) is 3.74. The van der Waals surface area contributed by atoms with Crippen molar-refractivity contribution in [3.05, 3.63) is 29.8 Å². The highest BCUT2D eigenvalue weighted by molar-refractivity contribution is 5.76. The normalized spacial score (nSPS) is 14.9. The van der Waals surface area contributed by atoms with Crippen molar-refractivity contribution >= 4 is 18.2 Å². The molecule has 1 aliphatic heterocycles. The maximum atomic E-state index is 10.4. The van der Waals surface area contributed by atoms with Crippen LogP contribution in [0.15, 0.2) is 29.4 Å². The standard InChI is InChI=1S/C10H10N2O/c13-8-9-2-4-10(5-3-9)12-7-1-6-11-12/h2-6,8H,1,7H2. The topological polar surface area (TPSA) is 32.7 Å². The molecule has 0 spiro atoms. The summed E-state index contributed by atoms with van der Waals surface area (Å²) in [7, 11) is 0. The lowest BCUT2D eigenvalue weighted by molar-refractivity contribution is 0.112. The van der Waals surface area contributed by atoms with Crippen LogP contribution in [0.3, 0.4) is 0 Å². The van der Waals surface area contributed by atoms with Gasteiger partial charge in [0.05, 0.1) is 5.69 Å². The summed E-state index contributed by atoms with van der Waals surface area (Å²) < 4.78 is 0. The molecule has 13 heavy (non-hydrogen) atoms. The largest absolute Gasteiger partial charge is 0.298 e. The Morgan fingerprint density at radius 1 is 1.31 bits per heavy atom. The molecule has 0 aromatic heterocycles. The van der Waals surface area contributed by atoms with Crippen molar-refractivity contribution in [1.29, 1.82) is 0 Å². The Morgan fingerprint density at radius 3 is 2.62 bits per heavy atom. The van der Waals surface area contributed by atoms with Crippen LogP contribution in [0.25, 0.3) is 0 Å². The van der Waals surface area contributed by atoms with E-state index in [2.05, 4.69) is 5.10 Å². The zero-order valence-corrected chi connectivity index (χ0v) is 7.18. The molecule has 0 fully saturated rings. The lowest BCUT2D eigenvalue weighted by Gasteiger charge is -2.12. The fourth-order valence-electron chi connectivity index (χ4n) is 1.31. The Hall–Kier alpha value is -1.64. The van der Waals surface area contributed by atoms with Crippen molar-refractivity contribution in [1.82, 2.24) is 0 Å². The number of aldehydes is 1. The van der Waals surface area contributed by atoms with E-state index in [0.29, 0.717) is 5.56 Å². The third-order valence-electron chi connectivity index (χ3n) is 2.02. The SMILES string of the molecule is O=Cc1ccc(N2CCC=N2)cc1. The van der Waals surface area contributed by atoms with Crippen LogP contribution >= 0.6 is 0 Å². The van der Waals surface area contributed by atoms with E-state index < -0.39 is 0 Å². The molecule has 3 nitrogen and oxygen atoms in total. The molecule has 0 amide bonds. The Labute approximate surface area is 76.7 Å².